The van der Waals surface area contributed by atoms with Crippen molar-refractivity contribution in [2.24, 2.45) is 10.1 Å². The highest BCUT2D eigenvalue weighted by molar-refractivity contribution is 6.01. The lowest BCUT2D eigenvalue weighted by Crippen LogP contribution is -2.49. The maximum Gasteiger partial charge on any atom is 0.252 e. The number of aliphatic hydroxyl groups excluding tert-OH is 1. The van der Waals surface area contributed by atoms with Crippen molar-refractivity contribution in [2.75, 3.05) is 20.0 Å². The first kappa shape index (κ1) is 29.6. The normalized spacial score (nSPS) is 18.0. The number of hydrogen-bond donors (Lipinski definition) is 2. The molecule has 2 aliphatic rings. The molecular formula is C34H31N5O6. The van der Waals surface area contributed by atoms with Crippen molar-refractivity contribution in [3.63, 3.8) is 0 Å². The van der Waals surface area contributed by atoms with Gasteiger partial charge in [-0.1, -0.05) is 65.8 Å². The maximum atomic E-state index is 14.5. The number of fused-ring (bicyclic) bond motifs is 1. The van der Waals surface area contributed by atoms with E-state index in [-0.39, 0.29) is 38.2 Å². The average Bonchev–Trinajstić information content (AvgIpc) is 3.70. The largest absolute Gasteiger partial charge is 0.494 e. The van der Waals surface area contributed by atoms with Crippen molar-refractivity contribution < 1.29 is 28.8 Å². The first-order valence-electron chi connectivity index (χ1n) is 14.5. The highest BCUT2D eigenvalue weighted by atomic mass is 16.7. The molecular weight excluding hydrogens is 574 g/mol. The molecule has 1 amide bonds. The second kappa shape index (κ2) is 13.4. The molecule has 2 heterocycles. The molecule has 0 aliphatic carbocycles. The van der Waals surface area contributed by atoms with E-state index in [1.165, 1.54) is 0 Å². The quantitative estimate of drug-likeness (QED) is 0.0885. The molecule has 0 unspecified atom stereocenters. The van der Waals surface area contributed by atoms with Gasteiger partial charge in [-0.2, -0.15) is 0 Å². The standard InChI is InChI=1S/C34H31N5O6/c35-39-38-28-10-5-4-9-27(28)31-34(20-23-7-2-1-3-8-23,33(41)36-21-24-11-16-29-30(19-24)44-22-43-29)37-32(45-31)25-12-14-26(15-13-25)42-18-6-17-40/h1-5,7-16,19,31,40H,6,17-18,20-22H2,(H,36,41)/t31-,34-/m1/s1. The van der Waals surface area contributed by atoms with Crippen molar-refractivity contribution in [2.45, 2.75) is 31.0 Å². The van der Waals surface area contributed by atoms with Crippen molar-refractivity contribution in [1.29, 1.82) is 0 Å². The minimum absolute atomic E-state index is 0.0433. The van der Waals surface area contributed by atoms with Gasteiger partial charge in [-0.3, -0.25) is 4.79 Å². The van der Waals surface area contributed by atoms with Crippen LogP contribution in [0, 0.1) is 0 Å². The zero-order chi connectivity index (χ0) is 31.1. The molecule has 0 bridgehead atoms. The van der Waals surface area contributed by atoms with Crippen LogP contribution in [0.2, 0.25) is 0 Å². The fourth-order valence-electron chi connectivity index (χ4n) is 5.40. The second-order valence-electron chi connectivity index (χ2n) is 10.6. The maximum absolute atomic E-state index is 14.5. The summed E-state index contributed by atoms with van der Waals surface area (Å²) < 4.78 is 23.2. The SMILES string of the molecule is [N-]=[N+]=Nc1ccccc1[C@H]1OC(c2ccc(OCCCO)cc2)=N[C@@]1(Cc1ccccc1)C(=O)NCc1ccc2c(c1)OCO2. The number of aliphatic imine (C=N–C) groups is 1. The number of aliphatic hydroxyl groups is 1. The Morgan fingerprint density at radius 3 is 2.58 bits per heavy atom. The lowest BCUT2D eigenvalue weighted by molar-refractivity contribution is -0.129. The van der Waals surface area contributed by atoms with Gasteiger partial charge in [0.25, 0.3) is 5.91 Å². The molecule has 0 spiro atoms. The van der Waals surface area contributed by atoms with Crippen LogP contribution in [0.1, 0.15) is 34.8 Å². The molecule has 4 aromatic carbocycles. The molecule has 0 saturated carbocycles. The van der Waals surface area contributed by atoms with E-state index >= 15 is 0 Å². The van der Waals surface area contributed by atoms with Crippen LogP contribution in [0.15, 0.2) is 107 Å². The zero-order valence-corrected chi connectivity index (χ0v) is 24.3. The third-order valence-electron chi connectivity index (χ3n) is 7.61. The van der Waals surface area contributed by atoms with Gasteiger partial charge >= 0.3 is 0 Å². The first-order chi connectivity index (χ1) is 22.1. The number of azide groups is 1. The van der Waals surface area contributed by atoms with Gasteiger partial charge in [0, 0.05) is 47.7 Å². The van der Waals surface area contributed by atoms with Gasteiger partial charge < -0.3 is 29.4 Å². The Balaban J connectivity index is 1.40. The number of amides is 1. The molecule has 2 aliphatic heterocycles. The Morgan fingerprint density at radius 1 is 1.00 bits per heavy atom. The Hall–Kier alpha value is -5.51. The number of carbonyl (C=O) groups is 1. The van der Waals surface area contributed by atoms with Gasteiger partial charge in [0.15, 0.2) is 23.1 Å². The molecule has 0 saturated heterocycles. The monoisotopic (exact) mass is 605 g/mol. The van der Waals surface area contributed by atoms with Crippen molar-refractivity contribution in [3.05, 3.63) is 130 Å². The average molecular weight is 606 g/mol. The topological polar surface area (TPSA) is 147 Å². The Kier molecular flexibility index (Phi) is 8.81. The highest BCUT2D eigenvalue weighted by Gasteiger charge is 2.53. The third kappa shape index (κ3) is 6.40. The number of carbonyl (C=O) groups excluding carboxylic acids is 1. The summed E-state index contributed by atoms with van der Waals surface area (Å²) in [7, 11) is 0. The fourth-order valence-corrected chi connectivity index (χ4v) is 5.40. The number of benzene rings is 4. The smallest absolute Gasteiger partial charge is 0.252 e. The lowest BCUT2D eigenvalue weighted by atomic mass is 9.81. The minimum Gasteiger partial charge on any atom is -0.494 e. The van der Waals surface area contributed by atoms with Gasteiger partial charge in [-0.25, -0.2) is 4.99 Å². The van der Waals surface area contributed by atoms with E-state index in [4.69, 9.17) is 29.0 Å². The predicted octanol–water partition coefficient (Wildman–Crippen LogP) is 5.93. The summed E-state index contributed by atoms with van der Waals surface area (Å²) in [5.74, 6) is 1.82. The molecule has 4 aromatic rings. The summed E-state index contributed by atoms with van der Waals surface area (Å²) >= 11 is 0. The zero-order valence-electron chi connectivity index (χ0n) is 24.3. The molecule has 6 rings (SSSR count). The molecule has 2 N–H and O–H groups in total. The van der Waals surface area contributed by atoms with E-state index in [0.29, 0.717) is 47.1 Å². The number of nitrogens with zero attached hydrogens (tertiary/aromatic N) is 4. The molecule has 0 radical (unpaired) electrons. The van der Waals surface area contributed by atoms with Crippen molar-refractivity contribution >= 4 is 17.5 Å². The molecule has 0 aromatic heterocycles. The summed E-state index contributed by atoms with van der Waals surface area (Å²) in [5.41, 5.74) is 11.1. The van der Waals surface area contributed by atoms with E-state index in [0.717, 1.165) is 11.1 Å². The van der Waals surface area contributed by atoms with Crippen LogP contribution in [0.25, 0.3) is 10.4 Å². The summed E-state index contributed by atoms with van der Waals surface area (Å²) in [6, 6.07) is 29.4. The van der Waals surface area contributed by atoms with E-state index in [1.807, 2.05) is 66.7 Å². The first-order valence-corrected chi connectivity index (χ1v) is 14.5. The fraction of sp³-hybridized carbons (Fsp3) is 0.235. The van der Waals surface area contributed by atoms with Crippen LogP contribution in [-0.4, -0.2) is 42.5 Å². The van der Waals surface area contributed by atoms with Crippen LogP contribution in [0.3, 0.4) is 0 Å². The minimum atomic E-state index is -1.47. The van der Waals surface area contributed by atoms with E-state index < -0.39 is 11.6 Å². The van der Waals surface area contributed by atoms with E-state index in [2.05, 4.69) is 15.3 Å². The lowest BCUT2D eigenvalue weighted by Gasteiger charge is -2.31. The van der Waals surface area contributed by atoms with Crippen molar-refractivity contribution in [1.82, 2.24) is 5.32 Å². The second-order valence-corrected chi connectivity index (χ2v) is 10.6. The summed E-state index contributed by atoms with van der Waals surface area (Å²) in [5, 5.41) is 16.1. The molecule has 11 nitrogen and oxygen atoms in total. The number of hydrogen-bond acceptors (Lipinski definition) is 8. The molecule has 228 valence electrons. The number of rotatable bonds is 12. The Bertz CT molecular complexity index is 1740. The highest BCUT2D eigenvalue weighted by Crippen LogP contribution is 2.45. The number of ether oxygens (including phenoxy) is 4. The van der Waals surface area contributed by atoms with Gasteiger partial charge in [0.2, 0.25) is 12.7 Å². The van der Waals surface area contributed by atoms with E-state index in [1.54, 1.807) is 30.3 Å². The Morgan fingerprint density at radius 2 is 1.78 bits per heavy atom. The van der Waals surface area contributed by atoms with Crippen LogP contribution < -0.4 is 19.5 Å². The summed E-state index contributed by atoms with van der Waals surface area (Å²) in [6.07, 6.45) is -0.193. The predicted molar refractivity (Wildman–Crippen MR) is 167 cm³/mol. The van der Waals surface area contributed by atoms with Crippen LogP contribution in [0.5, 0.6) is 17.2 Å². The molecule has 0 fully saturated rings. The van der Waals surface area contributed by atoms with Crippen LogP contribution in [-0.2, 0) is 22.5 Å². The number of nitrogens with one attached hydrogen (secondary N) is 1. The van der Waals surface area contributed by atoms with Crippen molar-refractivity contribution in [3.8, 4) is 17.2 Å². The van der Waals surface area contributed by atoms with E-state index in [9.17, 15) is 10.3 Å². The van der Waals surface area contributed by atoms with Gasteiger partial charge in [-0.05, 0) is 53.1 Å². The van der Waals surface area contributed by atoms with Crippen LogP contribution >= 0.6 is 0 Å². The van der Waals surface area contributed by atoms with Gasteiger partial charge in [-0.15, -0.1) is 0 Å². The van der Waals surface area contributed by atoms with Crippen LogP contribution in [0.4, 0.5) is 5.69 Å². The molecule has 2 atom stereocenters. The third-order valence-corrected chi connectivity index (χ3v) is 7.61. The Labute approximate surface area is 259 Å². The molecule has 11 heteroatoms. The van der Waals surface area contributed by atoms with Gasteiger partial charge in [0.05, 0.1) is 6.61 Å². The summed E-state index contributed by atoms with van der Waals surface area (Å²) in [4.78, 5) is 22.6. The molecule has 45 heavy (non-hydrogen) atoms. The van der Waals surface area contributed by atoms with Gasteiger partial charge in [0.1, 0.15) is 5.75 Å². The summed E-state index contributed by atoms with van der Waals surface area (Å²) in [6.45, 7) is 0.792.